The maximum absolute atomic E-state index is 14.6. The molecule has 186 valence electrons. The molecule has 1 amide bonds. The fourth-order valence-corrected chi connectivity index (χ4v) is 4.22. The molecule has 2 aromatic carbocycles. The number of anilines is 2. The Morgan fingerprint density at radius 2 is 1.89 bits per heavy atom. The zero-order chi connectivity index (χ0) is 24.9. The Morgan fingerprint density at radius 3 is 2.57 bits per heavy atom. The number of nitrogens with zero attached hydrogens (tertiary/aromatic N) is 2. The van der Waals surface area contributed by atoms with Crippen LogP contribution < -0.4 is 19.7 Å². The van der Waals surface area contributed by atoms with E-state index in [4.69, 9.17) is 30.3 Å². The Balaban J connectivity index is 1.73. The zero-order valence-corrected chi connectivity index (χ0v) is 20.6. The van der Waals surface area contributed by atoms with Crippen molar-refractivity contribution in [1.29, 1.82) is 0 Å². The van der Waals surface area contributed by atoms with E-state index in [1.54, 1.807) is 13.0 Å². The molecule has 1 fully saturated rings. The molecule has 1 aromatic heterocycles. The molecular formula is C25H27ClFN3O5. The van der Waals surface area contributed by atoms with E-state index in [-0.39, 0.29) is 27.6 Å². The standard InChI is InChI=1S/C25H27ClFN3O5/c1-4-33-20-14-19(30-9-11-32-12-10-30)21(34-5-2)13-18(20)28-25(31)22-15(3)35-29-24(22)23-16(26)7-6-8-17(23)27/h6-8,13-14H,4-5,9-12H2,1-3H3,(H,28,31). The summed E-state index contributed by atoms with van der Waals surface area (Å²) in [5.74, 6) is 0.159. The van der Waals surface area contributed by atoms with E-state index in [0.29, 0.717) is 56.7 Å². The first-order valence-electron chi connectivity index (χ1n) is 11.4. The predicted molar refractivity (Wildman–Crippen MR) is 131 cm³/mol. The molecule has 0 radical (unpaired) electrons. The minimum Gasteiger partial charge on any atom is -0.492 e. The lowest BCUT2D eigenvalue weighted by Gasteiger charge is -2.31. The highest BCUT2D eigenvalue weighted by atomic mass is 35.5. The van der Waals surface area contributed by atoms with Gasteiger partial charge in [-0.25, -0.2) is 4.39 Å². The number of ether oxygens (including phenoxy) is 3. The third-order valence-corrected chi connectivity index (χ3v) is 5.87. The van der Waals surface area contributed by atoms with Gasteiger partial charge in [0.1, 0.15) is 34.3 Å². The van der Waals surface area contributed by atoms with Crippen molar-refractivity contribution >= 4 is 28.9 Å². The van der Waals surface area contributed by atoms with Gasteiger partial charge >= 0.3 is 0 Å². The molecule has 3 aromatic rings. The highest BCUT2D eigenvalue weighted by molar-refractivity contribution is 6.33. The van der Waals surface area contributed by atoms with E-state index in [1.165, 1.54) is 18.2 Å². The van der Waals surface area contributed by atoms with E-state index < -0.39 is 11.7 Å². The summed E-state index contributed by atoms with van der Waals surface area (Å²) < 4.78 is 37.1. The van der Waals surface area contributed by atoms with Gasteiger partial charge in [0.2, 0.25) is 0 Å². The number of rotatable bonds is 8. The molecule has 8 nitrogen and oxygen atoms in total. The van der Waals surface area contributed by atoms with Gasteiger partial charge < -0.3 is 29.0 Å². The summed E-state index contributed by atoms with van der Waals surface area (Å²) in [5, 5.41) is 6.90. The van der Waals surface area contributed by atoms with Crippen LogP contribution in [-0.4, -0.2) is 50.6 Å². The minimum atomic E-state index is -0.608. The first-order valence-corrected chi connectivity index (χ1v) is 11.8. The smallest absolute Gasteiger partial charge is 0.261 e. The summed E-state index contributed by atoms with van der Waals surface area (Å²) in [6.07, 6.45) is 0. The van der Waals surface area contributed by atoms with Crippen LogP contribution in [-0.2, 0) is 4.74 Å². The number of aromatic nitrogens is 1. The lowest BCUT2D eigenvalue weighted by Crippen LogP contribution is -2.36. The largest absolute Gasteiger partial charge is 0.492 e. The molecule has 10 heteroatoms. The van der Waals surface area contributed by atoms with Gasteiger partial charge in [-0.1, -0.05) is 22.8 Å². The average molecular weight is 504 g/mol. The van der Waals surface area contributed by atoms with Crippen LogP contribution in [0, 0.1) is 12.7 Å². The van der Waals surface area contributed by atoms with Crippen LogP contribution in [0.1, 0.15) is 30.0 Å². The summed E-state index contributed by atoms with van der Waals surface area (Å²) in [5.41, 5.74) is 1.37. The molecule has 0 atom stereocenters. The summed E-state index contributed by atoms with van der Waals surface area (Å²) in [6.45, 7) is 8.82. The fraction of sp³-hybridized carbons (Fsp3) is 0.360. The predicted octanol–water partition coefficient (Wildman–Crippen LogP) is 5.33. The Labute approximate surface area is 207 Å². The second-order valence-electron chi connectivity index (χ2n) is 7.79. The van der Waals surface area contributed by atoms with Crippen LogP contribution in [0.25, 0.3) is 11.3 Å². The van der Waals surface area contributed by atoms with Crippen molar-refractivity contribution in [3.05, 3.63) is 52.5 Å². The molecule has 0 aliphatic carbocycles. The Morgan fingerprint density at radius 1 is 1.17 bits per heavy atom. The highest BCUT2D eigenvalue weighted by Gasteiger charge is 2.27. The fourth-order valence-electron chi connectivity index (χ4n) is 3.96. The molecule has 1 aliphatic heterocycles. The summed E-state index contributed by atoms with van der Waals surface area (Å²) in [4.78, 5) is 15.6. The Bertz CT molecular complexity index is 1190. The third kappa shape index (κ3) is 5.21. The Kier molecular flexibility index (Phi) is 7.77. The quantitative estimate of drug-likeness (QED) is 0.444. The number of carbonyl (C=O) groups excluding carboxylic acids is 1. The average Bonchev–Trinajstić information content (AvgIpc) is 3.22. The number of amides is 1. The van der Waals surface area contributed by atoms with Crippen LogP contribution in [0.2, 0.25) is 5.02 Å². The first-order chi connectivity index (χ1) is 16.9. The van der Waals surface area contributed by atoms with Crippen molar-refractivity contribution in [3.8, 4) is 22.8 Å². The van der Waals surface area contributed by atoms with Gasteiger partial charge in [0.15, 0.2) is 0 Å². The molecule has 1 N–H and O–H groups in total. The van der Waals surface area contributed by atoms with Crippen molar-refractivity contribution in [1.82, 2.24) is 5.16 Å². The highest BCUT2D eigenvalue weighted by Crippen LogP contribution is 2.40. The number of aryl methyl sites for hydroxylation is 1. The molecule has 0 saturated carbocycles. The zero-order valence-electron chi connectivity index (χ0n) is 19.8. The maximum Gasteiger partial charge on any atom is 0.261 e. The van der Waals surface area contributed by atoms with Crippen molar-refractivity contribution in [2.24, 2.45) is 0 Å². The van der Waals surface area contributed by atoms with Crippen molar-refractivity contribution < 1.29 is 27.9 Å². The lowest BCUT2D eigenvalue weighted by atomic mass is 10.0. The summed E-state index contributed by atoms with van der Waals surface area (Å²) >= 11 is 6.22. The van der Waals surface area contributed by atoms with Gasteiger partial charge in [0, 0.05) is 25.2 Å². The number of hydrogen-bond acceptors (Lipinski definition) is 7. The van der Waals surface area contributed by atoms with Gasteiger partial charge in [-0.3, -0.25) is 4.79 Å². The summed E-state index contributed by atoms with van der Waals surface area (Å²) in [6, 6.07) is 7.84. The number of halogens is 2. The Hall–Kier alpha value is -3.30. The molecular weight excluding hydrogens is 477 g/mol. The molecule has 2 heterocycles. The van der Waals surface area contributed by atoms with E-state index in [2.05, 4.69) is 15.4 Å². The molecule has 1 saturated heterocycles. The van der Waals surface area contributed by atoms with Gasteiger partial charge in [-0.05, 0) is 32.9 Å². The van der Waals surface area contributed by atoms with E-state index in [9.17, 15) is 9.18 Å². The molecule has 1 aliphatic rings. The molecule has 0 spiro atoms. The third-order valence-electron chi connectivity index (χ3n) is 5.55. The van der Waals surface area contributed by atoms with Crippen LogP contribution >= 0.6 is 11.6 Å². The number of nitrogens with one attached hydrogen (secondary N) is 1. The minimum absolute atomic E-state index is 0.00105. The SMILES string of the molecule is CCOc1cc(N2CCOCC2)c(OCC)cc1NC(=O)c1c(-c2c(F)cccc2Cl)noc1C. The van der Waals surface area contributed by atoms with Crippen LogP contribution in [0.4, 0.5) is 15.8 Å². The van der Waals surface area contributed by atoms with Crippen LogP contribution in [0.5, 0.6) is 11.5 Å². The van der Waals surface area contributed by atoms with Crippen LogP contribution in [0.3, 0.4) is 0 Å². The topological polar surface area (TPSA) is 86.1 Å². The van der Waals surface area contributed by atoms with Gasteiger partial charge in [-0.2, -0.15) is 0 Å². The maximum atomic E-state index is 14.6. The lowest BCUT2D eigenvalue weighted by molar-refractivity contribution is 0.102. The normalized spacial score (nSPS) is 13.6. The van der Waals surface area contributed by atoms with Gasteiger partial charge in [-0.15, -0.1) is 0 Å². The van der Waals surface area contributed by atoms with Crippen molar-refractivity contribution in [3.63, 3.8) is 0 Å². The molecule has 0 bridgehead atoms. The van der Waals surface area contributed by atoms with Crippen molar-refractivity contribution in [2.45, 2.75) is 20.8 Å². The number of carbonyl (C=O) groups is 1. The van der Waals surface area contributed by atoms with Crippen LogP contribution in [0.15, 0.2) is 34.9 Å². The van der Waals surface area contributed by atoms with E-state index >= 15 is 0 Å². The monoisotopic (exact) mass is 503 g/mol. The van der Waals surface area contributed by atoms with E-state index in [1.807, 2.05) is 19.9 Å². The second kappa shape index (κ2) is 11.0. The number of benzene rings is 2. The number of hydrogen-bond donors (Lipinski definition) is 1. The molecule has 35 heavy (non-hydrogen) atoms. The van der Waals surface area contributed by atoms with E-state index in [0.717, 1.165) is 5.69 Å². The van der Waals surface area contributed by atoms with Crippen molar-refractivity contribution in [2.75, 3.05) is 49.7 Å². The first kappa shape index (κ1) is 24.8. The van der Waals surface area contributed by atoms with Gasteiger partial charge in [0.05, 0.1) is 48.4 Å². The molecule has 4 rings (SSSR count). The second-order valence-corrected chi connectivity index (χ2v) is 8.20. The van der Waals surface area contributed by atoms with Gasteiger partial charge in [0.25, 0.3) is 5.91 Å². The molecule has 0 unspecified atom stereocenters. The summed E-state index contributed by atoms with van der Waals surface area (Å²) in [7, 11) is 0. The number of morpholine rings is 1.